The fourth-order valence-corrected chi connectivity index (χ4v) is 2.81. The number of Topliss-reactive ketones (excluding diaryl/α,β-unsaturated/α-hetero) is 1. The van der Waals surface area contributed by atoms with Crippen molar-refractivity contribution in [1.82, 2.24) is 15.3 Å². The molecule has 0 radical (unpaired) electrons. The molecular weight excluding hydrogens is 330 g/mol. The number of fused-ring (bicyclic) bond motifs is 1. The molecule has 3 rings (SSSR count). The van der Waals surface area contributed by atoms with Crippen molar-refractivity contribution in [3.8, 4) is 0 Å². The van der Waals surface area contributed by atoms with Gasteiger partial charge >= 0.3 is 0 Å². The summed E-state index contributed by atoms with van der Waals surface area (Å²) < 4.78 is 0. The number of nitrogens with one attached hydrogen (secondary N) is 1. The predicted octanol–water partition coefficient (Wildman–Crippen LogP) is 2.55. The van der Waals surface area contributed by atoms with Crippen molar-refractivity contribution in [3.63, 3.8) is 0 Å². The number of ketones is 2. The molecule has 0 aliphatic heterocycles. The average Bonchev–Trinajstić information content (AvgIpc) is 2.66. The smallest absolute Gasteiger partial charge is 0.251 e. The second-order valence-electron chi connectivity index (χ2n) is 6.13. The molecule has 1 aliphatic carbocycles. The molecule has 1 N–H and O–H groups in total. The Kier molecular flexibility index (Phi) is 5.31. The van der Waals surface area contributed by atoms with Crippen LogP contribution in [0.5, 0.6) is 0 Å². The molecule has 132 valence electrons. The van der Waals surface area contributed by atoms with E-state index in [0.29, 0.717) is 17.7 Å². The van der Waals surface area contributed by atoms with Gasteiger partial charge in [0.15, 0.2) is 5.78 Å². The zero-order valence-electron chi connectivity index (χ0n) is 14.5. The van der Waals surface area contributed by atoms with Gasteiger partial charge in [-0.1, -0.05) is 25.5 Å². The minimum atomic E-state index is -0.300. The number of unbranched alkanes of at least 4 members (excludes halogenated alkanes) is 1. The lowest BCUT2D eigenvalue weighted by atomic mass is 9.90. The normalized spacial score (nSPS) is 13.2. The first kappa shape index (κ1) is 17.7. The maximum Gasteiger partial charge on any atom is 0.251 e. The van der Waals surface area contributed by atoms with Gasteiger partial charge in [-0.05, 0) is 30.2 Å². The van der Waals surface area contributed by atoms with E-state index in [2.05, 4.69) is 22.2 Å². The summed E-state index contributed by atoms with van der Waals surface area (Å²) in [5, 5.41) is 2.87. The van der Waals surface area contributed by atoms with Gasteiger partial charge in [0.25, 0.3) is 5.91 Å². The summed E-state index contributed by atoms with van der Waals surface area (Å²) in [6.07, 6.45) is 6.16. The summed E-state index contributed by atoms with van der Waals surface area (Å²) in [6.45, 7) is 2.70. The van der Waals surface area contributed by atoms with Crippen molar-refractivity contribution >= 4 is 17.5 Å². The molecule has 2 aromatic rings. The lowest BCUT2D eigenvalue weighted by Crippen LogP contribution is -2.24. The van der Waals surface area contributed by atoms with Crippen molar-refractivity contribution < 1.29 is 14.4 Å². The zero-order valence-corrected chi connectivity index (χ0v) is 14.5. The van der Waals surface area contributed by atoms with E-state index < -0.39 is 0 Å². The Labute approximate surface area is 151 Å². The Balaban J connectivity index is 1.78. The third-order valence-electron chi connectivity index (χ3n) is 4.19. The van der Waals surface area contributed by atoms with Crippen molar-refractivity contribution in [1.29, 1.82) is 0 Å². The Morgan fingerprint density at radius 2 is 2.08 bits per heavy atom. The molecule has 0 saturated heterocycles. The summed E-state index contributed by atoms with van der Waals surface area (Å²) in [5.74, 6) is -0.692. The largest absolute Gasteiger partial charge is 0.352 e. The second-order valence-corrected chi connectivity index (χ2v) is 6.13. The summed E-state index contributed by atoms with van der Waals surface area (Å²) in [7, 11) is 0. The number of hydrogen-bond donors (Lipinski definition) is 1. The molecule has 0 spiro atoms. The van der Waals surface area contributed by atoms with Gasteiger partial charge in [0.05, 0.1) is 5.56 Å². The number of carbonyl (C=O) groups is 3. The molecule has 1 aromatic heterocycles. The summed E-state index contributed by atoms with van der Waals surface area (Å²) >= 11 is 0. The molecule has 1 aromatic carbocycles. The number of aromatic nitrogens is 2. The number of rotatable bonds is 6. The molecule has 26 heavy (non-hydrogen) atoms. The van der Waals surface area contributed by atoms with E-state index in [1.165, 1.54) is 18.6 Å². The number of hydrogen-bond acceptors (Lipinski definition) is 5. The van der Waals surface area contributed by atoms with Gasteiger partial charge in [-0.3, -0.25) is 14.4 Å². The zero-order chi connectivity index (χ0) is 18.5. The van der Waals surface area contributed by atoms with Crippen LogP contribution in [0.1, 0.15) is 56.5 Å². The van der Waals surface area contributed by atoms with E-state index in [4.69, 9.17) is 0 Å². The lowest BCUT2D eigenvalue weighted by Gasteiger charge is -2.14. The van der Waals surface area contributed by atoms with Crippen LogP contribution in [0.2, 0.25) is 0 Å². The topological polar surface area (TPSA) is 89.0 Å². The maximum absolute atomic E-state index is 12.6. The Morgan fingerprint density at radius 3 is 2.88 bits per heavy atom. The highest BCUT2D eigenvalue weighted by molar-refractivity contribution is 6.23. The fraction of sp³-hybridized carbons (Fsp3) is 0.250. The second kappa shape index (κ2) is 7.82. The van der Waals surface area contributed by atoms with Crippen LogP contribution in [0.4, 0.5) is 0 Å². The third kappa shape index (κ3) is 3.74. The van der Waals surface area contributed by atoms with Gasteiger partial charge in [0.1, 0.15) is 12.0 Å². The maximum atomic E-state index is 12.6. The van der Waals surface area contributed by atoms with Crippen LogP contribution >= 0.6 is 0 Å². The first-order valence-electron chi connectivity index (χ1n) is 8.57. The average molecular weight is 349 g/mol. The Morgan fingerprint density at radius 1 is 1.23 bits per heavy atom. The van der Waals surface area contributed by atoms with Crippen LogP contribution in [-0.2, 0) is 6.42 Å². The van der Waals surface area contributed by atoms with E-state index in [1.807, 2.05) is 6.07 Å². The molecule has 6 heteroatoms. The number of amides is 1. The molecular formula is C20H19N3O3. The number of allylic oxidation sites excluding steroid dienone is 2. The van der Waals surface area contributed by atoms with Crippen molar-refractivity contribution in [3.05, 3.63) is 70.8 Å². The van der Waals surface area contributed by atoms with Gasteiger partial charge < -0.3 is 5.32 Å². The quantitative estimate of drug-likeness (QED) is 0.810. The molecule has 6 nitrogen and oxygen atoms in total. The van der Waals surface area contributed by atoms with Crippen LogP contribution in [0.15, 0.2) is 48.4 Å². The van der Waals surface area contributed by atoms with E-state index in [-0.39, 0.29) is 35.2 Å². The molecule has 0 saturated carbocycles. The first-order chi connectivity index (χ1) is 12.6. The highest BCUT2D eigenvalue weighted by atomic mass is 16.2. The van der Waals surface area contributed by atoms with E-state index in [1.54, 1.807) is 18.2 Å². The van der Waals surface area contributed by atoms with Crippen LogP contribution < -0.4 is 5.32 Å². The van der Waals surface area contributed by atoms with Crippen molar-refractivity contribution in [2.45, 2.75) is 26.2 Å². The molecule has 0 bridgehead atoms. The SMILES string of the molecule is CCCCNC(=O)c1cccc(CC2=CC(=O)c3ncncc3C2=O)c1. The summed E-state index contributed by atoms with van der Waals surface area (Å²) in [6, 6.07) is 7.09. The van der Waals surface area contributed by atoms with Crippen molar-refractivity contribution in [2.75, 3.05) is 6.54 Å². The molecule has 0 unspecified atom stereocenters. The van der Waals surface area contributed by atoms with E-state index >= 15 is 0 Å². The minimum Gasteiger partial charge on any atom is -0.352 e. The molecule has 1 aliphatic rings. The summed E-state index contributed by atoms with van der Waals surface area (Å²) in [4.78, 5) is 44.7. The standard InChI is InChI=1S/C20H19N3O3/c1-2-3-7-22-20(26)14-6-4-5-13(8-14)9-15-10-17(24)18-16(19(15)25)11-21-12-23-18/h4-6,8,10-12H,2-3,7,9H2,1H3,(H,22,26). The molecule has 0 atom stereocenters. The number of benzene rings is 1. The van der Waals surface area contributed by atoms with E-state index in [9.17, 15) is 14.4 Å². The number of carbonyl (C=O) groups excluding carboxylic acids is 3. The highest BCUT2D eigenvalue weighted by Crippen LogP contribution is 2.22. The minimum absolute atomic E-state index is 0.137. The van der Waals surface area contributed by atoms with Crippen molar-refractivity contribution in [2.24, 2.45) is 0 Å². The van der Waals surface area contributed by atoms with Gasteiger partial charge in [-0.2, -0.15) is 0 Å². The van der Waals surface area contributed by atoms with Gasteiger partial charge in [-0.25, -0.2) is 9.97 Å². The van der Waals surface area contributed by atoms with Crippen LogP contribution in [-0.4, -0.2) is 34.0 Å². The highest BCUT2D eigenvalue weighted by Gasteiger charge is 2.26. The molecule has 0 fully saturated rings. The molecule has 1 amide bonds. The summed E-state index contributed by atoms with van der Waals surface area (Å²) in [5.41, 5.74) is 2.07. The van der Waals surface area contributed by atoms with Crippen LogP contribution in [0.3, 0.4) is 0 Å². The van der Waals surface area contributed by atoms with Gasteiger partial charge in [0.2, 0.25) is 5.78 Å². The first-order valence-corrected chi connectivity index (χ1v) is 8.57. The predicted molar refractivity (Wildman–Crippen MR) is 96.2 cm³/mol. The Bertz CT molecular complexity index is 903. The van der Waals surface area contributed by atoms with Gasteiger partial charge in [-0.15, -0.1) is 0 Å². The van der Waals surface area contributed by atoms with E-state index in [0.717, 1.165) is 18.4 Å². The third-order valence-corrected chi connectivity index (χ3v) is 4.19. The van der Waals surface area contributed by atoms with Crippen LogP contribution in [0.25, 0.3) is 0 Å². The lowest BCUT2D eigenvalue weighted by molar-refractivity contribution is 0.0952. The fourth-order valence-electron chi connectivity index (χ4n) is 2.81. The number of nitrogens with zero attached hydrogens (tertiary/aromatic N) is 2. The van der Waals surface area contributed by atoms with Crippen LogP contribution in [0, 0.1) is 0 Å². The Hall–Kier alpha value is -3.15. The van der Waals surface area contributed by atoms with Gasteiger partial charge in [0, 0.05) is 30.3 Å². The monoisotopic (exact) mass is 349 g/mol. The molecule has 1 heterocycles.